The maximum atomic E-state index is 11.8. The Morgan fingerprint density at radius 2 is 1.92 bits per heavy atom. The lowest BCUT2D eigenvalue weighted by Gasteiger charge is -2.08. The summed E-state index contributed by atoms with van der Waals surface area (Å²) in [5, 5.41) is 7.46. The van der Waals surface area contributed by atoms with Crippen molar-refractivity contribution in [1.82, 2.24) is 4.98 Å². The lowest BCUT2D eigenvalue weighted by atomic mass is 10.0. The van der Waals surface area contributed by atoms with Crippen LogP contribution in [-0.4, -0.2) is 18.0 Å². The molecule has 4 nitrogen and oxygen atoms in total. The summed E-state index contributed by atoms with van der Waals surface area (Å²) in [4.78, 5) is 16.4. The number of thiazole rings is 1. The predicted octanol–water partition coefficient (Wildman–Crippen LogP) is 4.88. The summed E-state index contributed by atoms with van der Waals surface area (Å²) in [5.41, 5.74) is 2.81. The van der Waals surface area contributed by atoms with Gasteiger partial charge in [-0.25, -0.2) is 4.98 Å². The molecule has 122 valence electrons. The highest BCUT2D eigenvalue weighted by Crippen LogP contribution is 2.35. The van der Waals surface area contributed by atoms with Crippen molar-refractivity contribution in [1.29, 1.82) is 0 Å². The van der Waals surface area contributed by atoms with E-state index in [1.54, 1.807) is 13.2 Å². The van der Waals surface area contributed by atoms with Crippen molar-refractivity contribution in [3.05, 3.63) is 53.4 Å². The number of amides is 1. The van der Waals surface area contributed by atoms with Crippen molar-refractivity contribution in [2.75, 3.05) is 12.4 Å². The molecular formula is C19H18N2O2S. The van der Waals surface area contributed by atoms with Crippen LogP contribution in [0.1, 0.15) is 13.8 Å². The van der Waals surface area contributed by atoms with E-state index in [1.807, 2.05) is 55.6 Å². The Balaban J connectivity index is 1.98. The van der Waals surface area contributed by atoms with Gasteiger partial charge in [-0.05, 0) is 31.4 Å². The van der Waals surface area contributed by atoms with E-state index in [2.05, 4.69) is 10.3 Å². The van der Waals surface area contributed by atoms with E-state index >= 15 is 0 Å². The lowest BCUT2D eigenvalue weighted by Crippen LogP contribution is -2.07. The molecule has 0 saturated carbocycles. The molecule has 0 unspecified atom stereocenters. The van der Waals surface area contributed by atoms with E-state index in [0.717, 1.165) is 33.4 Å². The Morgan fingerprint density at radius 1 is 1.17 bits per heavy atom. The maximum absolute atomic E-state index is 11.8. The van der Waals surface area contributed by atoms with Crippen molar-refractivity contribution in [2.45, 2.75) is 13.8 Å². The van der Waals surface area contributed by atoms with E-state index in [9.17, 15) is 4.79 Å². The molecule has 3 rings (SSSR count). The van der Waals surface area contributed by atoms with Gasteiger partial charge in [0.1, 0.15) is 5.75 Å². The topological polar surface area (TPSA) is 51.2 Å². The van der Waals surface area contributed by atoms with Crippen LogP contribution in [0, 0.1) is 0 Å². The monoisotopic (exact) mass is 338 g/mol. The number of carbonyl (C=O) groups is 1. The van der Waals surface area contributed by atoms with Gasteiger partial charge in [-0.2, -0.15) is 0 Å². The van der Waals surface area contributed by atoms with E-state index in [4.69, 9.17) is 4.74 Å². The zero-order chi connectivity index (χ0) is 17.1. The van der Waals surface area contributed by atoms with Gasteiger partial charge in [0, 0.05) is 22.4 Å². The first kappa shape index (κ1) is 16.2. The van der Waals surface area contributed by atoms with Gasteiger partial charge < -0.3 is 4.74 Å². The molecule has 5 heteroatoms. The molecule has 1 amide bonds. The fraction of sp³-hybridized carbons (Fsp3) is 0.158. The number of aromatic nitrogens is 1. The van der Waals surface area contributed by atoms with Crippen molar-refractivity contribution in [3.63, 3.8) is 0 Å². The molecule has 0 fully saturated rings. The number of methoxy groups -OCH3 is 1. The Kier molecular flexibility index (Phi) is 4.62. The molecule has 24 heavy (non-hydrogen) atoms. The largest absolute Gasteiger partial charge is 0.496 e. The summed E-state index contributed by atoms with van der Waals surface area (Å²) in [6, 6.07) is 12.0. The van der Waals surface area contributed by atoms with Crippen molar-refractivity contribution < 1.29 is 9.53 Å². The standard InChI is InChI=1S/C19H18N2O2S/c1-12(2)10-18(22)21-19-20-16(11-24-19)14-8-9-17(23-3)15-7-5-4-6-13(14)15/h4-11H,1-3H3,(H,20,21,22). The number of carbonyl (C=O) groups excluding carboxylic acids is 1. The number of anilines is 1. The van der Waals surface area contributed by atoms with Gasteiger partial charge >= 0.3 is 0 Å². The summed E-state index contributed by atoms with van der Waals surface area (Å²) in [5.74, 6) is 0.678. The van der Waals surface area contributed by atoms with Crippen molar-refractivity contribution in [3.8, 4) is 17.0 Å². The van der Waals surface area contributed by atoms with Crippen LogP contribution in [0.2, 0.25) is 0 Å². The Labute approximate surface area is 144 Å². The zero-order valence-electron chi connectivity index (χ0n) is 13.8. The Morgan fingerprint density at radius 3 is 2.62 bits per heavy atom. The highest BCUT2D eigenvalue weighted by atomic mass is 32.1. The summed E-state index contributed by atoms with van der Waals surface area (Å²) in [7, 11) is 1.67. The number of ether oxygens (including phenoxy) is 1. The molecule has 0 saturated heterocycles. The van der Waals surface area contributed by atoms with Gasteiger partial charge in [-0.1, -0.05) is 29.8 Å². The number of hydrogen-bond acceptors (Lipinski definition) is 4. The number of nitrogens with zero attached hydrogens (tertiary/aromatic N) is 1. The summed E-state index contributed by atoms with van der Waals surface area (Å²) >= 11 is 1.41. The van der Waals surface area contributed by atoms with E-state index in [1.165, 1.54) is 11.3 Å². The van der Waals surface area contributed by atoms with Crippen molar-refractivity contribution >= 4 is 33.1 Å². The van der Waals surface area contributed by atoms with Crippen LogP contribution in [-0.2, 0) is 4.79 Å². The molecule has 1 aromatic heterocycles. The normalized spacial score (nSPS) is 10.5. The third-order valence-electron chi connectivity index (χ3n) is 3.53. The summed E-state index contributed by atoms with van der Waals surface area (Å²) < 4.78 is 5.43. The number of rotatable bonds is 4. The average Bonchev–Trinajstić information content (AvgIpc) is 3.01. The van der Waals surface area contributed by atoms with Crippen LogP contribution < -0.4 is 10.1 Å². The Hall–Kier alpha value is -2.66. The number of benzene rings is 2. The molecule has 3 aromatic rings. The Bertz CT molecular complexity index is 924. The highest BCUT2D eigenvalue weighted by molar-refractivity contribution is 7.14. The molecule has 0 bridgehead atoms. The molecule has 0 aliphatic rings. The third-order valence-corrected chi connectivity index (χ3v) is 4.29. The van der Waals surface area contributed by atoms with E-state index in [-0.39, 0.29) is 5.91 Å². The minimum Gasteiger partial charge on any atom is -0.496 e. The van der Waals surface area contributed by atoms with Crippen LogP contribution in [0.4, 0.5) is 5.13 Å². The van der Waals surface area contributed by atoms with Crippen LogP contribution >= 0.6 is 11.3 Å². The summed E-state index contributed by atoms with van der Waals surface area (Å²) in [6.07, 6.45) is 1.56. The van der Waals surface area contributed by atoms with E-state index < -0.39 is 0 Å². The fourth-order valence-electron chi connectivity index (χ4n) is 2.53. The number of fused-ring (bicyclic) bond motifs is 1. The second-order valence-corrected chi connectivity index (χ2v) is 6.47. The molecule has 2 aromatic carbocycles. The fourth-order valence-corrected chi connectivity index (χ4v) is 3.24. The molecule has 1 N–H and O–H groups in total. The molecule has 0 radical (unpaired) electrons. The molecule has 0 aliphatic carbocycles. The zero-order valence-corrected chi connectivity index (χ0v) is 14.6. The predicted molar refractivity (Wildman–Crippen MR) is 99.7 cm³/mol. The molecule has 0 spiro atoms. The number of nitrogens with one attached hydrogen (secondary N) is 1. The summed E-state index contributed by atoms with van der Waals surface area (Å²) in [6.45, 7) is 3.77. The molecular weight excluding hydrogens is 320 g/mol. The van der Waals surface area contributed by atoms with Gasteiger partial charge in [-0.3, -0.25) is 10.1 Å². The van der Waals surface area contributed by atoms with Crippen LogP contribution in [0.5, 0.6) is 5.75 Å². The SMILES string of the molecule is COc1ccc(-c2csc(NC(=O)C=C(C)C)n2)c2ccccc12. The van der Waals surface area contributed by atoms with Crippen LogP contribution in [0.25, 0.3) is 22.0 Å². The van der Waals surface area contributed by atoms with Crippen LogP contribution in [0.15, 0.2) is 53.4 Å². The lowest BCUT2D eigenvalue weighted by molar-refractivity contribution is -0.111. The molecule has 0 atom stereocenters. The van der Waals surface area contributed by atoms with Gasteiger partial charge in [0.05, 0.1) is 12.8 Å². The van der Waals surface area contributed by atoms with Crippen molar-refractivity contribution in [2.24, 2.45) is 0 Å². The first-order valence-electron chi connectivity index (χ1n) is 7.56. The van der Waals surface area contributed by atoms with Gasteiger partial charge in [0.15, 0.2) is 5.13 Å². The third kappa shape index (κ3) is 3.31. The second-order valence-electron chi connectivity index (χ2n) is 5.61. The number of allylic oxidation sites excluding steroid dienone is 1. The van der Waals surface area contributed by atoms with Gasteiger partial charge in [0.25, 0.3) is 0 Å². The number of hydrogen-bond donors (Lipinski definition) is 1. The minimum absolute atomic E-state index is 0.157. The maximum Gasteiger partial charge on any atom is 0.250 e. The van der Waals surface area contributed by atoms with E-state index in [0.29, 0.717) is 5.13 Å². The van der Waals surface area contributed by atoms with Gasteiger partial charge in [0.2, 0.25) is 5.91 Å². The minimum atomic E-state index is -0.157. The average molecular weight is 338 g/mol. The second kappa shape index (κ2) is 6.84. The highest BCUT2D eigenvalue weighted by Gasteiger charge is 2.11. The molecule has 1 heterocycles. The van der Waals surface area contributed by atoms with Gasteiger partial charge in [-0.15, -0.1) is 11.3 Å². The quantitative estimate of drug-likeness (QED) is 0.690. The molecule has 0 aliphatic heterocycles. The van der Waals surface area contributed by atoms with Crippen LogP contribution in [0.3, 0.4) is 0 Å². The smallest absolute Gasteiger partial charge is 0.250 e. The first-order valence-corrected chi connectivity index (χ1v) is 8.44. The first-order chi connectivity index (χ1) is 11.6.